The average Bonchev–Trinajstić information content (AvgIpc) is 3.52. The van der Waals surface area contributed by atoms with Crippen molar-refractivity contribution in [2.75, 3.05) is 17.3 Å². The number of nitrogens with zero attached hydrogens (tertiary/aromatic N) is 4. The molecule has 1 fully saturated rings. The van der Waals surface area contributed by atoms with Crippen LogP contribution in [0.4, 0.5) is 10.2 Å². The Morgan fingerprint density at radius 3 is 2.58 bits per heavy atom. The van der Waals surface area contributed by atoms with Crippen molar-refractivity contribution in [3.63, 3.8) is 0 Å². The zero-order valence-electron chi connectivity index (χ0n) is 23.2. The number of aromatic nitrogens is 5. The Labute approximate surface area is 233 Å². The number of anilines is 1. The third-order valence-corrected chi connectivity index (χ3v) is 8.39. The van der Waals surface area contributed by atoms with Gasteiger partial charge in [-0.2, -0.15) is 14.6 Å². The van der Waals surface area contributed by atoms with Gasteiger partial charge in [-0.05, 0) is 56.2 Å². The first kappa shape index (κ1) is 29.4. The maximum atomic E-state index is 15.1. The minimum atomic E-state index is -3.26. The second-order valence-corrected chi connectivity index (χ2v) is 12.8. The number of pyridine rings is 1. The molecule has 0 bridgehead atoms. The third kappa shape index (κ3) is 6.93. The van der Waals surface area contributed by atoms with E-state index in [1.54, 1.807) is 13.0 Å². The molecule has 0 spiro atoms. The van der Waals surface area contributed by atoms with Crippen LogP contribution in [0.15, 0.2) is 24.4 Å². The van der Waals surface area contributed by atoms with E-state index in [-0.39, 0.29) is 35.3 Å². The van der Waals surface area contributed by atoms with E-state index in [2.05, 4.69) is 37.8 Å². The first-order valence-corrected chi connectivity index (χ1v) is 15.5. The van der Waals surface area contributed by atoms with Crippen molar-refractivity contribution >= 4 is 27.5 Å². The molecule has 4 rings (SSSR count). The minimum Gasteiger partial charge on any atom is -0.339 e. The smallest absolute Gasteiger partial charge is 0.270 e. The third-order valence-electron chi connectivity index (χ3n) is 7.47. The number of aryl methyl sites for hydroxylation is 3. The molecule has 3 heterocycles. The van der Waals surface area contributed by atoms with Crippen molar-refractivity contribution in [3.05, 3.63) is 47.4 Å². The molecule has 0 saturated heterocycles. The molecule has 2 amide bonds. The molecule has 1 aliphatic rings. The van der Waals surface area contributed by atoms with Gasteiger partial charge >= 0.3 is 0 Å². The molecule has 3 aromatic rings. The van der Waals surface area contributed by atoms with Crippen molar-refractivity contribution in [2.24, 2.45) is 11.8 Å². The maximum Gasteiger partial charge on any atom is 0.270 e. The number of sulfone groups is 1. The lowest BCUT2D eigenvalue weighted by Crippen LogP contribution is -2.49. The summed E-state index contributed by atoms with van der Waals surface area (Å²) in [5.41, 5.74) is 2.54. The molecule has 1 saturated carbocycles. The standard InChI is InChI=1S/C27H36FN7O4S/c1-5-20-23(17(3)33-34-20)19-10-11-22(30-25(19)28)31-27(37)24(18-8-6-16(2)7-9-18)32-26(36)21-12-13-29-35(21)14-15-40(4,38)39/h10-13,16,18,24H,5-9,14-15H2,1-4H3,(H,32,36)(H,33,34)(H,30,31,37)/t16-,18-,24-/m0/s1. The zero-order chi connectivity index (χ0) is 29.0. The molecule has 1 atom stereocenters. The van der Waals surface area contributed by atoms with E-state index >= 15 is 4.39 Å². The number of H-pyrrole nitrogens is 1. The van der Waals surface area contributed by atoms with Crippen LogP contribution in [0.25, 0.3) is 11.1 Å². The Morgan fingerprint density at radius 2 is 1.93 bits per heavy atom. The number of halogens is 1. The number of carbonyl (C=O) groups excluding carboxylic acids is 2. The van der Waals surface area contributed by atoms with Crippen LogP contribution in [0.1, 0.15) is 61.4 Å². The van der Waals surface area contributed by atoms with Crippen LogP contribution in [0.2, 0.25) is 0 Å². The molecule has 216 valence electrons. The number of nitrogens with one attached hydrogen (secondary N) is 3. The summed E-state index contributed by atoms with van der Waals surface area (Å²) in [7, 11) is -3.26. The van der Waals surface area contributed by atoms with Crippen molar-refractivity contribution in [3.8, 4) is 11.1 Å². The van der Waals surface area contributed by atoms with Crippen LogP contribution in [-0.4, -0.2) is 63.2 Å². The fourth-order valence-corrected chi connectivity index (χ4v) is 5.68. The highest BCUT2D eigenvalue weighted by molar-refractivity contribution is 7.90. The minimum absolute atomic E-state index is 0.0117. The fourth-order valence-electron chi connectivity index (χ4n) is 5.18. The quantitative estimate of drug-likeness (QED) is 0.315. The van der Waals surface area contributed by atoms with Gasteiger partial charge < -0.3 is 10.6 Å². The van der Waals surface area contributed by atoms with Gasteiger partial charge in [-0.15, -0.1) is 0 Å². The molecular weight excluding hydrogens is 537 g/mol. The van der Waals surface area contributed by atoms with Gasteiger partial charge in [0.15, 0.2) is 0 Å². The van der Waals surface area contributed by atoms with Gasteiger partial charge in [0.25, 0.3) is 5.91 Å². The lowest BCUT2D eigenvalue weighted by Gasteiger charge is -2.32. The molecular formula is C27H36FN7O4S. The van der Waals surface area contributed by atoms with Gasteiger partial charge in [-0.3, -0.25) is 19.4 Å². The van der Waals surface area contributed by atoms with Crippen molar-refractivity contribution < 1.29 is 22.4 Å². The normalized spacial score (nSPS) is 18.3. The van der Waals surface area contributed by atoms with Gasteiger partial charge in [-0.1, -0.05) is 26.7 Å². The first-order chi connectivity index (χ1) is 19.0. The predicted molar refractivity (Wildman–Crippen MR) is 149 cm³/mol. The number of amides is 2. The largest absolute Gasteiger partial charge is 0.339 e. The Kier molecular flexibility index (Phi) is 9.02. The summed E-state index contributed by atoms with van der Waals surface area (Å²) in [6, 6.07) is 3.67. The molecule has 40 heavy (non-hydrogen) atoms. The highest BCUT2D eigenvalue weighted by Crippen LogP contribution is 2.32. The van der Waals surface area contributed by atoms with E-state index in [0.29, 0.717) is 23.6 Å². The molecule has 3 N–H and O–H groups in total. The number of hydrogen-bond acceptors (Lipinski definition) is 7. The second kappa shape index (κ2) is 12.3. The number of rotatable bonds is 10. The molecule has 3 aromatic heterocycles. The molecule has 0 unspecified atom stereocenters. The highest BCUT2D eigenvalue weighted by Gasteiger charge is 2.33. The van der Waals surface area contributed by atoms with E-state index in [4.69, 9.17) is 0 Å². The number of carbonyl (C=O) groups is 2. The summed E-state index contributed by atoms with van der Waals surface area (Å²) in [4.78, 5) is 30.8. The zero-order valence-corrected chi connectivity index (χ0v) is 24.0. The first-order valence-electron chi connectivity index (χ1n) is 13.5. The van der Waals surface area contributed by atoms with E-state index in [9.17, 15) is 18.0 Å². The summed E-state index contributed by atoms with van der Waals surface area (Å²) in [6.45, 7) is 5.89. The van der Waals surface area contributed by atoms with Gasteiger partial charge in [0.2, 0.25) is 11.9 Å². The number of hydrogen-bond donors (Lipinski definition) is 3. The van der Waals surface area contributed by atoms with Crippen molar-refractivity contribution in [1.82, 2.24) is 30.3 Å². The lowest BCUT2D eigenvalue weighted by atomic mass is 9.79. The molecule has 13 heteroatoms. The summed E-state index contributed by atoms with van der Waals surface area (Å²) in [6.07, 6.45) is 6.49. The summed E-state index contributed by atoms with van der Waals surface area (Å²) >= 11 is 0. The van der Waals surface area contributed by atoms with Gasteiger partial charge in [0.1, 0.15) is 27.4 Å². The van der Waals surface area contributed by atoms with E-state index < -0.39 is 33.6 Å². The summed E-state index contributed by atoms with van der Waals surface area (Å²) < 4.78 is 39.7. The molecule has 1 aliphatic carbocycles. The van der Waals surface area contributed by atoms with E-state index in [0.717, 1.165) is 37.6 Å². The molecule has 0 aliphatic heterocycles. The summed E-state index contributed by atoms with van der Waals surface area (Å²) in [5.74, 6) is -1.52. The Hall–Kier alpha value is -3.61. The molecule has 11 nitrogen and oxygen atoms in total. The summed E-state index contributed by atoms with van der Waals surface area (Å²) in [5, 5.41) is 16.7. The molecule has 0 radical (unpaired) electrons. The van der Waals surface area contributed by atoms with Crippen molar-refractivity contribution in [1.29, 1.82) is 0 Å². The van der Waals surface area contributed by atoms with Crippen LogP contribution >= 0.6 is 0 Å². The topological polar surface area (TPSA) is 152 Å². The SMILES string of the molecule is CCc1[nH]nc(C)c1-c1ccc(NC(=O)[C@@H](NC(=O)c2ccnn2CCS(C)(=O)=O)[C@H]2CC[C@H](C)CC2)nc1F. The van der Waals surface area contributed by atoms with E-state index in [1.807, 2.05) is 6.92 Å². The Morgan fingerprint density at radius 1 is 1.20 bits per heavy atom. The Balaban J connectivity index is 1.54. The average molecular weight is 574 g/mol. The Bertz CT molecular complexity index is 1480. The van der Waals surface area contributed by atoms with Crippen LogP contribution in [0, 0.1) is 24.7 Å². The fraction of sp³-hybridized carbons (Fsp3) is 0.519. The van der Waals surface area contributed by atoms with Crippen molar-refractivity contribution in [2.45, 2.75) is 65.5 Å². The number of aromatic amines is 1. The van der Waals surface area contributed by atoms with Crippen LogP contribution in [0.5, 0.6) is 0 Å². The monoisotopic (exact) mass is 573 g/mol. The van der Waals surface area contributed by atoms with Gasteiger partial charge in [0, 0.05) is 29.3 Å². The van der Waals surface area contributed by atoms with Gasteiger partial charge in [0.05, 0.1) is 18.0 Å². The van der Waals surface area contributed by atoms with Crippen LogP contribution in [0.3, 0.4) is 0 Å². The maximum absolute atomic E-state index is 15.1. The lowest BCUT2D eigenvalue weighted by molar-refractivity contribution is -0.119. The molecule has 0 aromatic carbocycles. The highest BCUT2D eigenvalue weighted by atomic mass is 32.2. The second-order valence-electron chi connectivity index (χ2n) is 10.6. The van der Waals surface area contributed by atoms with Crippen LogP contribution < -0.4 is 10.6 Å². The van der Waals surface area contributed by atoms with Crippen LogP contribution in [-0.2, 0) is 27.6 Å². The van der Waals surface area contributed by atoms with Gasteiger partial charge in [-0.25, -0.2) is 13.4 Å². The van der Waals surface area contributed by atoms with E-state index in [1.165, 1.54) is 23.0 Å². The predicted octanol–water partition coefficient (Wildman–Crippen LogP) is 3.29.